The highest BCUT2D eigenvalue weighted by atomic mass is 16.5. The summed E-state index contributed by atoms with van der Waals surface area (Å²) in [7, 11) is 1.71. The number of rotatable bonds is 5. The SMILES string of the molecule is COC(CN)CN1CCN(c2ncccn2)CC1. The first-order valence-electron chi connectivity index (χ1n) is 6.30. The summed E-state index contributed by atoms with van der Waals surface area (Å²) in [5, 5.41) is 0. The molecule has 0 aromatic carbocycles. The molecule has 100 valence electrons. The van der Waals surface area contributed by atoms with E-state index in [0.717, 1.165) is 38.7 Å². The highest BCUT2D eigenvalue weighted by Crippen LogP contribution is 2.10. The highest BCUT2D eigenvalue weighted by Gasteiger charge is 2.20. The first kappa shape index (κ1) is 13.2. The molecule has 0 saturated carbocycles. The maximum Gasteiger partial charge on any atom is 0.225 e. The van der Waals surface area contributed by atoms with Crippen LogP contribution in [0.25, 0.3) is 0 Å². The van der Waals surface area contributed by atoms with Gasteiger partial charge in [0.25, 0.3) is 0 Å². The maximum absolute atomic E-state index is 5.64. The zero-order valence-corrected chi connectivity index (χ0v) is 10.8. The van der Waals surface area contributed by atoms with E-state index in [0.29, 0.717) is 6.54 Å². The van der Waals surface area contributed by atoms with Gasteiger partial charge in [-0.05, 0) is 6.07 Å². The Morgan fingerprint density at radius 3 is 2.50 bits per heavy atom. The van der Waals surface area contributed by atoms with Gasteiger partial charge < -0.3 is 15.4 Å². The number of methoxy groups -OCH3 is 1. The number of hydrogen-bond acceptors (Lipinski definition) is 6. The second-order valence-electron chi connectivity index (χ2n) is 4.43. The van der Waals surface area contributed by atoms with Crippen LogP contribution < -0.4 is 10.6 Å². The molecule has 1 saturated heterocycles. The molecule has 1 aromatic rings. The third-order valence-corrected chi connectivity index (χ3v) is 3.27. The molecule has 0 amide bonds. The van der Waals surface area contributed by atoms with E-state index in [1.165, 1.54) is 0 Å². The van der Waals surface area contributed by atoms with Crippen LogP contribution in [0, 0.1) is 0 Å². The largest absolute Gasteiger partial charge is 0.379 e. The lowest BCUT2D eigenvalue weighted by atomic mass is 10.2. The first-order chi connectivity index (χ1) is 8.83. The quantitative estimate of drug-likeness (QED) is 0.766. The van der Waals surface area contributed by atoms with Gasteiger partial charge in [-0.25, -0.2) is 9.97 Å². The number of nitrogens with two attached hydrogens (primary N) is 1. The Morgan fingerprint density at radius 1 is 1.28 bits per heavy atom. The molecule has 18 heavy (non-hydrogen) atoms. The number of hydrogen-bond donors (Lipinski definition) is 1. The molecule has 0 radical (unpaired) electrons. The standard InChI is InChI=1S/C12H21N5O/c1-18-11(9-13)10-16-5-7-17(8-6-16)12-14-3-2-4-15-12/h2-4,11H,5-10,13H2,1H3. The molecular formula is C12H21N5O. The Hall–Kier alpha value is -1.24. The van der Waals surface area contributed by atoms with Gasteiger partial charge in [-0.15, -0.1) is 0 Å². The van der Waals surface area contributed by atoms with Crippen molar-refractivity contribution >= 4 is 5.95 Å². The second-order valence-corrected chi connectivity index (χ2v) is 4.43. The fourth-order valence-electron chi connectivity index (χ4n) is 2.12. The molecule has 2 N–H and O–H groups in total. The van der Waals surface area contributed by atoms with E-state index in [4.69, 9.17) is 10.5 Å². The van der Waals surface area contributed by atoms with Gasteiger partial charge in [0.2, 0.25) is 5.95 Å². The molecule has 1 atom stereocenters. The lowest BCUT2D eigenvalue weighted by molar-refractivity contribution is 0.0678. The molecule has 1 aromatic heterocycles. The van der Waals surface area contributed by atoms with E-state index in [9.17, 15) is 0 Å². The number of nitrogens with zero attached hydrogens (tertiary/aromatic N) is 4. The zero-order valence-electron chi connectivity index (χ0n) is 10.8. The van der Waals surface area contributed by atoms with Gasteiger partial charge in [-0.2, -0.15) is 0 Å². The van der Waals surface area contributed by atoms with Crippen molar-refractivity contribution in [1.29, 1.82) is 0 Å². The second kappa shape index (κ2) is 6.63. The maximum atomic E-state index is 5.64. The van der Waals surface area contributed by atoms with Crippen molar-refractivity contribution in [2.45, 2.75) is 6.10 Å². The molecular weight excluding hydrogens is 230 g/mol. The van der Waals surface area contributed by atoms with Crippen LogP contribution in [0.5, 0.6) is 0 Å². The minimum Gasteiger partial charge on any atom is -0.379 e. The van der Waals surface area contributed by atoms with Gasteiger partial charge in [0.15, 0.2) is 0 Å². The van der Waals surface area contributed by atoms with Crippen molar-refractivity contribution in [2.75, 3.05) is 51.3 Å². The summed E-state index contributed by atoms with van der Waals surface area (Å²) >= 11 is 0. The molecule has 2 heterocycles. The number of aromatic nitrogens is 2. The molecule has 2 rings (SSSR count). The number of piperazine rings is 1. The van der Waals surface area contributed by atoms with Gasteiger partial charge >= 0.3 is 0 Å². The first-order valence-corrected chi connectivity index (χ1v) is 6.30. The molecule has 6 heteroatoms. The molecule has 1 unspecified atom stereocenters. The van der Waals surface area contributed by atoms with E-state index in [2.05, 4.69) is 19.8 Å². The van der Waals surface area contributed by atoms with Crippen molar-refractivity contribution in [3.05, 3.63) is 18.5 Å². The van der Waals surface area contributed by atoms with Crippen molar-refractivity contribution in [2.24, 2.45) is 5.73 Å². The smallest absolute Gasteiger partial charge is 0.225 e. The van der Waals surface area contributed by atoms with E-state index < -0.39 is 0 Å². The minimum atomic E-state index is 0.129. The Balaban J connectivity index is 1.81. The Labute approximate surface area is 108 Å². The molecule has 0 bridgehead atoms. The number of anilines is 1. The van der Waals surface area contributed by atoms with Crippen LogP contribution in [-0.2, 0) is 4.74 Å². The van der Waals surface area contributed by atoms with E-state index in [1.54, 1.807) is 19.5 Å². The normalized spacial score (nSPS) is 18.9. The van der Waals surface area contributed by atoms with Crippen LogP contribution in [0.4, 0.5) is 5.95 Å². The van der Waals surface area contributed by atoms with Crippen molar-refractivity contribution in [3.63, 3.8) is 0 Å². The molecule has 1 fully saturated rings. The van der Waals surface area contributed by atoms with Crippen LogP contribution in [0.1, 0.15) is 0 Å². The summed E-state index contributed by atoms with van der Waals surface area (Å²) in [6.45, 7) is 5.36. The fourth-order valence-corrected chi connectivity index (χ4v) is 2.12. The summed E-state index contributed by atoms with van der Waals surface area (Å²) in [6.07, 6.45) is 3.69. The third kappa shape index (κ3) is 3.38. The van der Waals surface area contributed by atoms with Crippen LogP contribution in [-0.4, -0.2) is 67.4 Å². The number of ether oxygens (including phenoxy) is 1. The zero-order chi connectivity index (χ0) is 12.8. The van der Waals surface area contributed by atoms with Gasteiger partial charge in [-0.1, -0.05) is 0 Å². The van der Waals surface area contributed by atoms with Crippen LogP contribution in [0.15, 0.2) is 18.5 Å². The Kier molecular flexibility index (Phi) is 4.86. The minimum absolute atomic E-state index is 0.129. The summed E-state index contributed by atoms with van der Waals surface area (Å²) in [4.78, 5) is 13.1. The van der Waals surface area contributed by atoms with Crippen LogP contribution >= 0.6 is 0 Å². The topological polar surface area (TPSA) is 67.5 Å². The molecule has 0 aliphatic carbocycles. The van der Waals surface area contributed by atoms with Gasteiger partial charge in [0, 0.05) is 58.8 Å². The third-order valence-electron chi connectivity index (χ3n) is 3.27. The lowest BCUT2D eigenvalue weighted by Gasteiger charge is -2.35. The highest BCUT2D eigenvalue weighted by molar-refractivity contribution is 5.29. The van der Waals surface area contributed by atoms with E-state index >= 15 is 0 Å². The Bertz CT molecular complexity index is 336. The van der Waals surface area contributed by atoms with Crippen molar-refractivity contribution < 1.29 is 4.74 Å². The molecule has 6 nitrogen and oxygen atoms in total. The monoisotopic (exact) mass is 251 g/mol. The van der Waals surface area contributed by atoms with Crippen molar-refractivity contribution in [1.82, 2.24) is 14.9 Å². The average molecular weight is 251 g/mol. The van der Waals surface area contributed by atoms with Gasteiger partial charge in [-0.3, -0.25) is 4.90 Å². The van der Waals surface area contributed by atoms with Crippen molar-refractivity contribution in [3.8, 4) is 0 Å². The summed E-state index contributed by atoms with van der Waals surface area (Å²) in [6, 6.07) is 1.84. The molecule has 1 aliphatic rings. The van der Waals surface area contributed by atoms with Gasteiger partial charge in [0.05, 0.1) is 6.10 Å². The van der Waals surface area contributed by atoms with Gasteiger partial charge in [0.1, 0.15) is 0 Å². The summed E-state index contributed by atoms with van der Waals surface area (Å²) < 4.78 is 5.31. The average Bonchev–Trinajstić information content (AvgIpc) is 2.46. The fraction of sp³-hybridized carbons (Fsp3) is 0.667. The Morgan fingerprint density at radius 2 is 1.94 bits per heavy atom. The molecule has 1 aliphatic heterocycles. The lowest BCUT2D eigenvalue weighted by Crippen LogP contribution is -2.50. The van der Waals surface area contributed by atoms with Crippen LogP contribution in [0.3, 0.4) is 0 Å². The van der Waals surface area contributed by atoms with E-state index in [-0.39, 0.29) is 6.10 Å². The summed E-state index contributed by atoms with van der Waals surface area (Å²) in [5.74, 6) is 0.819. The van der Waals surface area contributed by atoms with E-state index in [1.807, 2.05) is 6.07 Å². The predicted molar refractivity (Wildman–Crippen MR) is 70.5 cm³/mol. The summed E-state index contributed by atoms with van der Waals surface area (Å²) in [5.41, 5.74) is 5.64. The van der Waals surface area contributed by atoms with Crippen LogP contribution in [0.2, 0.25) is 0 Å². The predicted octanol–water partition coefficient (Wildman–Crippen LogP) is -0.428. The molecule has 0 spiro atoms.